The van der Waals surface area contributed by atoms with Crippen molar-refractivity contribution in [3.05, 3.63) is 23.8 Å². The quantitative estimate of drug-likeness (QED) is 0.608. The van der Waals surface area contributed by atoms with E-state index >= 15 is 0 Å². The van der Waals surface area contributed by atoms with Crippen LogP contribution in [-0.4, -0.2) is 5.54 Å². The molecule has 2 N–H and O–H groups in total. The molecular weight excluding hydrogens is 158 g/mol. The van der Waals surface area contributed by atoms with Crippen LogP contribution in [0.1, 0.15) is 34.6 Å². The van der Waals surface area contributed by atoms with Crippen LogP contribution in [0.2, 0.25) is 0 Å². The summed E-state index contributed by atoms with van der Waals surface area (Å²) in [5.74, 6) is 0.423. The van der Waals surface area contributed by atoms with Gasteiger partial charge in [-0.25, -0.2) is 0 Å². The molecule has 1 aliphatic rings. The lowest BCUT2D eigenvalue weighted by atomic mass is 9.75. The van der Waals surface area contributed by atoms with Crippen molar-refractivity contribution in [2.45, 2.75) is 40.2 Å². The summed E-state index contributed by atoms with van der Waals surface area (Å²) in [4.78, 5) is 0. The summed E-state index contributed by atoms with van der Waals surface area (Å²) in [5, 5.41) is 0. The molecule has 0 aromatic heterocycles. The monoisotopic (exact) mass is 179 g/mol. The van der Waals surface area contributed by atoms with Gasteiger partial charge in [0.1, 0.15) is 0 Å². The molecule has 0 aromatic carbocycles. The second kappa shape index (κ2) is 2.98. The molecule has 0 radical (unpaired) electrons. The minimum absolute atomic E-state index is 0.172. The Hall–Kier alpha value is -0.560. The first-order chi connectivity index (χ1) is 5.73. The SMILES string of the molecule is CC1C=C(C(C)(C)C)C=CC1(C)N. The fraction of sp³-hybridized carbons (Fsp3) is 0.667. The lowest BCUT2D eigenvalue weighted by Crippen LogP contribution is -2.41. The van der Waals surface area contributed by atoms with E-state index in [0.29, 0.717) is 5.92 Å². The van der Waals surface area contributed by atoms with Crippen molar-refractivity contribution >= 4 is 0 Å². The van der Waals surface area contributed by atoms with Crippen LogP contribution in [0.4, 0.5) is 0 Å². The van der Waals surface area contributed by atoms with Gasteiger partial charge in [-0.05, 0) is 23.8 Å². The fourth-order valence-electron chi connectivity index (χ4n) is 1.43. The zero-order chi connectivity index (χ0) is 10.3. The Labute approximate surface area is 81.7 Å². The summed E-state index contributed by atoms with van der Waals surface area (Å²) in [6.07, 6.45) is 6.58. The topological polar surface area (TPSA) is 26.0 Å². The van der Waals surface area contributed by atoms with Gasteiger partial charge in [0, 0.05) is 5.54 Å². The molecule has 2 unspecified atom stereocenters. The number of hydrogen-bond acceptors (Lipinski definition) is 1. The van der Waals surface area contributed by atoms with E-state index in [0.717, 1.165) is 0 Å². The van der Waals surface area contributed by atoms with Crippen molar-refractivity contribution in [1.82, 2.24) is 0 Å². The van der Waals surface area contributed by atoms with E-state index in [1.54, 1.807) is 0 Å². The van der Waals surface area contributed by atoms with Gasteiger partial charge >= 0.3 is 0 Å². The maximum atomic E-state index is 6.10. The van der Waals surface area contributed by atoms with Crippen molar-refractivity contribution in [3.63, 3.8) is 0 Å². The van der Waals surface area contributed by atoms with E-state index in [4.69, 9.17) is 5.73 Å². The summed E-state index contributed by atoms with van der Waals surface area (Å²) < 4.78 is 0. The Morgan fingerprint density at radius 2 is 1.92 bits per heavy atom. The zero-order valence-corrected chi connectivity index (χ0v) is 9.39. The molecule has 0 saturated carbocycles. The Balaban J connectivity index is 2.93. The second-order valence-electron chi connectivity index (χ2n) is 5.36. The highest BCUT2D eigenvalue weighted by Gasteiger charge is 2.27. The molecule has 0 bridgehead atoms. The third-order valence-electron chi connectivity index (χ3n) is 2.90. The third kappa shape index (κ3) is 2.22. The smallest absolute Gasteiger partial charge is 0.0374 e. The summed E-state index contributed by atoms with van der Waals surface area (Å²) in [6, 6.07) is 0. The van der Waals surface area contributed by atoms with Crippen molar-refractivity contribution in [1.29, 1.82) is 0 Å². The average molecular weight is 179 g/mol. The molecule has 1 aliphatic carbocycles. The maximum Gasteiger partial charge on any atom is 0.0374 e. The predicted molar refractivity (Wildman–Crippen MR) is 58.4 cm³/mol. The van der Waals surface area contributed by atoms with Gasteiger partial charge in [0.15, 0.2) is 0 Å². The van der Waals surface area contributed by atoms with Crippen LogP contribution >= 0.6 is 0 Å². The van der Waals surface area contributed by atoms with Gasteiger partial charge in [-0.2, -0.15) is 0 Å². The highest BCUT2D eigenvalue weighted by Crippen LogP contribution is 2.33. The summed E-state index contributed by atoms with van der Waals surface area (Å²) in [7, 11) is 0. The first-order valence-corrected chi connectivity index (χ1v) is 4.94. The van der Waals surface area contributed by atoms with Crippen LogP contribution in [0.25, 0.3) is 0 Å². The normalized spacial score (nSPS) is 34.6. The van der Waals surface area contributed by atoms with Crippen LogP contribution in [0.3, 0.4) is 0 Å². The molecule has 13 heavy (non-hydrogen) atoms. The Morgan fingerprint density at radius 3 is 2.31 bits per heavy atom. The lowest BCUT2D eigenvalue weighted by molar-refractivity contribution is 0.430. The van der Waals surface area contributed by atoms with Gasteiger partial charge in [0.2, 0.25) is 0 Å². The van der Waals surface area contributed by atoms with Crippen LogP contribution < -0.4 is 5.73 Å². The molecule has 1 nitrogen and oxygen atoms in total. The van der Waals surface area contributed by atoms with Gasteiger partial charge in [0.25, 0.3) is 0 Å². The molecule has 0 heterocycles. The summed E-state index contributed by atoms with van der Waals surface area (Å²) in [6.45, 7) is 10.9. The van der Waals surface area contributed by atoms with E-state index in [1.165, 1.54) is 5.57 Å². The van der Waals surface area contributed by atoms with E-state index in [9.17, 15) is 0 Å². The predicted octanol–water partition coefficient (Wildman–Crippen LogP) is 2.88. The van der Waals surface area contributed by atoms with Crippen LogP contribution in [0, 0.1) is 11.3 Å². The van der Waals surface area contributed by atoms with Crippen LogP contribution in [-0.2, 0) is 0 Å². The Morgan fingerprint density at radius 1 is 1.38 bits per heavy atom. The molecule has 1 rings (SSSR count). The molecule has 0 fully saturated rings. The van der Waals surface area contributed by atoms with Crippen molar-refractivity contribution in [2.24, 2.45) is 17.1 Å². The van der Waals surface area contributed by atoms with Gasteiger partial charge in [-0.15, -0.1) is 0 Å². The number of rotatable bonds is 0. The maximum absolute atomic E-state index is 6.10. The molecular formula is C12H21N. The highest BCUT2D eigenvalue weighted by atomic mass is 14.7. The van der Waals surface area contributed by atoms with Crippen molar-refractivity contribution < 1.29 is 0 Å². The second-order valence-corrected chi connectivity index (χ2v) is 5.36. The largest absolute Gasteiger partial charge is 0.322 e. The van der Waals surface area contributed by atoms with Crippen LogP contribution in [0.5, 0.6) is 0 Å². The zero-order valence-electron chi connectivity index (χ0n) is 9.39. The van der Waals surface area contributed by atoms with E-state index < -0.39 is 0 Å². The molecule has 0 aliphatic heterocycles. The summed E-state index contributed by atoms with van der Waals surface area (Å²) in [5.41, 5.74) is 7.55. The minimum Gasteiger partial charge on any atom is -0.322 e. The standard InChI is InChI=1S/C12H21N/c1-9-8-10(11(2,3)4)6-7-12(9,5)13/h6-9H,13H2,1-5H3. The molecule has 0 saturated heterocycles. The van der Waals surface area contributed by atoms with Crippen LogP contribution in [0.15, 0.2) is 23.8 Å². The highest BCUT2D eigenvalue weighted by molar-refractivity contribution is 5.33. The average Bonchev–Trinajstić information content (AvgIpc) is 1.92. The van der Waals surface area contributed by atoms with Gasteiger partial charge in [-0.3, -0.25) is 0 Å². The van der Waals surface area contributed by atoms with Crippen molar-refractivity contribution in [3.8, 4) is 0 Å². The minimum atomic E-state index is -0.172. The first kappa shape index (κ1) is 10.5. The van der Waals surface area contributed by atoms with Gasteiger partial charge < -0.3 is 5.73 Å². The fourth-order valence-corrected chi connectivity index (χ4v) is 1.43. The Bertz CT molecular complexity index is 251. The molecule has 0 amide bonds. The third-order valence-corrected chi connectivity index (χ3v) is 2.90. The van der Waals surface area contributed by atoms with Gasteiger partial charge in [0.05, 0.1) is 0 Å². The number of nitrogens with two attached hydrogens (primary N) is 1. The molecule has 1 heteroatoms. The number of allylic oxidation sites excluding steroid dienone is 2. The number of hydrogen-bond donors (Lipinski definition) is 1. The van der Waals surface area contributed by atoms with E-state index in [2.05, 4.69) is 52.8 Å². The van der Waals surface area contributed by atoms with Gasteiger partial charge in [-0.1, -0.05) is 45.9 Å². The Kier molecular flexibility index (Phi) is 2.42. The molecule has 0 spiro atoms. The van der Waals surface area contributed by atoms with Crippen molar-refractivity contribution in [2.75, 3.05) is 0 Å². The lowest BCUT2D eigenvalue weighted by Gasteiger charge is -2.33. The molecule has 0 aromatic rings. The van der Waals surface area contributed by atoms with E-state index in [1.807, 2.05) is 0 Å². The molecule has 74 valence electrons. The van der Waals surface area contributed by atoms with E-state index in [-0.39, 0.29) is 11.0 Å². The first-order valence-electron chi connectivity index (χ1n) is 4.94. The molecule has 2 atom stereocenters. The summed E-state index contributed by atoms with van der Waals surface area (Å²) >= 11 is 0.